The number of para-hydroxylation sites is 1. The Morgan fingerprint density at radius 3 is 2.67 bits per heavy atom. The number of carboxylic acids is 1. The molecule has 1 aliphatic rings. The SMILES string of the molecule is CN1CCC(C(=O)O)C(Oc2ccccc2)C1.Cl. The molecule has 0 aliphatic carbocycles. The fourth-order valence-electron chi connectivity index (χ4n) is 2.15. The number of likely N-dealkylation sites (N-methyl/N-ethyl adjacent to an activating group) is 1. The molecule has 0 radical (unpaired) electrons. The zero-order valence-electron chi connectivity index (χ0n) is 10.3. The van der Waals surface area contributed by atoms with Crippen LogP contribution in [0.25, 0.3) is 0 Å². The van der Waals surface area contributed by atoms with Gasteiger partial charge >= 0.3 is 5.97 Å². The molecule has 2 rings (SSSR count). The van der Waals surface area contributed by atoms with E-state index in [4.69, 9.17) is 4.74 Å². The summed E-state index contributed by atoms with van der Waals surface area (Å²) in [5.41, 5.74) is 0. The van der Waals surface area contributed by atoms with Crippen LogP contribution in [0, 0.1) is 5.92 Å². The van der Waals surface area contributed by atoms with Crippen LogP contribution in [0.15, 0.2) is 30.3 Å². The highest BCUT2D eigenvalue weighted by Gasteiger charge is 2.34. The normalized spacial score (nSPS) is 24.1. The smallest absolute Gasteiger partial charge is 0.310 e. The molecular formula is C13H18ClNO3. The molecule has 1 saturated heterocycles. The van der Waals surface area contributed by atoms with Crippen molar-refractivity contribution in [2.24, 2.45) is 5.92 Å². The third-order valence-electron chi connectivity index (χ3n) is 3.11. The number of halogens is 1. The second-order valence-electron chi connectivity index (χ2n) is 4.47. The number of aliphatic carboxylic acids is 1. The van der Waals surface area contributed by atoms with Gasteiger partial charge in [-0.05, 0) is 32.1 Å². The van der Waals surface area contributed by atoms with Crippen LogP contribution in [0.1, 0.15) is 6.42 Å². The van der Waals surface area contributed by atoms with Gasteiger partial charge in [0.15, 0.2) is 0 Å². The number of hydrogen-bond acceptors (Lipinski definition) is 3. The van der Waals surface area contributed by atoms with Crippen LogP contribution in [-0.4, -0.2) is 42.2 Å². The van der Waals surface area contributed by atoms with E-state index in [0.29, 0.717) is 13.0 Å². The number of hydrogen-bond donors (Lipinski definition) is 1. The summed E-state index contributed by atoms with van der Waals surface area (Å²) in [4.78, 5) is 13.3. The average molecular weight is 272 g/mol. The Labute approximate surface area is 113 Å². The van der Waals surface area contributed by atoms with Crippen molar-refractivity contribution in [1.82, 2.24) is 4.90 Å². The molecule has 1 fully saturated rings. The maximum atomic E-state index is 11.2. The molecule has 1 aromatic carbocycles. The van der Waals surface area contributed by atoms with Crippen LogP contribution < -0.4 is 4.74 Å². The molecule has 2 atom stereocenters. The molecule has 0 amide bonds. The van der Waals surface area contributed by atoms with Crippen molar-refractivity contribution in [3.8, 4) is 5.75 Å². The van der Waals surface area contributed by atoms with Crippen LogP contribution >= 0.6 is 12.4 Å². The third-order valence-corrected chi connectivity index (χ3v) is 3.11. The molecule has 2 unspecified atom stereocenters. The van der Waals surface area contributed by atoms with Gasteiger partial charge in [-0.1, -0.05) is 18.2 Å². The minimum atomic E-state index is -0.765. The second-order valence-corrected chi connectivity index (χ2v) is 4.47. The summed E-state index contributed by atoms with van der Waals surface area (Å²) in [5.74, 6) is -0.440. The van der Waals surface area contributed by atoms with Gasteiger partial charge in [0.25, 0.3) is 0 Å². The van der Waals surface area contributed by atoms with Crippen molar-refractivity contribution in [3.63, 3.8) is 0 Å². The first-order valence-electron chi connectivity index (χ1n) is 5.80. The molecule has 0 saturated carbocycles. The van der Waals surface area contributed by atoms with Gasteiger partial charge in [-0.15, -0.1) is 12.4 Å². The van der Waals surface area contributed by atoms with Crippen LogP contribution in [0.4, 0.5) is 0 Å². The summed E-state index contributed by atoms with van der Waals surface area (Å²) in [6, 6.07) is 9.39. The molecule has 4 nitrogen and oxygen atoms in total. The first-order valence-corrected chi connectivity index (χ1v) is 5.80. The van der Waals surface area contributed by atoms with E-state index >= 15 is 0 Å². The summed E-state index contributed by atoms with van der Waals surface area (Å²) in [6.45, 7) is 1.47. The lowest BCUT2D eigenvalue weighted by Crippen LogP contribution is -2.47. The van der Waals surface area contributed by atoms with Crippen molar-refractivity contribution in [2.75, 3.05) is 20.1 Å². The van der Waals surface area contributed by atoms with Crippen molar-refractivity contribution >= 4 is 18.4 Å². The van der Waals surface area contributed by atoms with E-state index in [1.54, 1.807) is 0 Å². The average Bonchev–Trinajstić information content (AvgIpc) is 2.30. The zero-order chi connectivity index (χ0) is 12.3. The molecule has 18 heavy (non-hydrogen) atoms. The zero-order valence-corrected chi connectivity index (χ0v) is 11.1. The molecule has 1 aromatic rings. The quantitative estimate of drug-likeness (QED) is 0.912. The molecular weight excluding hydrogens is 254 g/mol. The second kappa shape index (κ2) is 6.61. The van der Waals surface area contributed by atoms with Gasteiger partial charge in [0.05, 0.1) is 5.92 Å². The minimum Gasteiger partial charge on any atom is -0.488 e. The summed E-state index contributed by atoms with van der Waals surface area (Å²) in [5, 5.41) is 9.17. The summed E-state index contributed by atoms with van der Waals surface area (Å²) < 4.78 is 5.78. The van der Waals surface area contributed by atoms with E-state index in [1.807, 2.05) is 37.4 Å². The van der Waals surface area contributed by atoms with E-state index in [0.717, 1.165) is 12.3 Å². The van der Waals surface area contributed by atoms with Crippen molar-refractivity contribution in [3.05, 3.63) is 30.3 Å². The van der Waals surface area contributed by atoms with Crippen molar-refractivity contribution in [1.29, 1.82) is 0 Å². The Bertz CT molecular complexity index is 385. The van der Waals surface area contributed by atoms with Crippen LogP contribution in [0.3, 0.4) is 0 Å². The summed E-state index contributed by atoms with van der Waals surface area (Å²) in [6.07, 6.45) is 0.372. The molecule has 0 bridgehead atoms. The highest BCUT2D eigenvalue weighted by Crippen LogP contribution is 2.22. The Morgan fingerprint density at radius 2 is 2.06 bits per heavy atom. The van der Waals surface area contributed by atoms with Gasteiger partial charge in [-0.2, -0.15) is 0 Å². The number of carboxylic acid groups (broad SMARTS) is 1. The Balaban J connectivity index is 0.00000162. The first kappa shape index (κ1) is 14.8. The number of nitrogens with zero attached hydrogens (tertiary/aromatic N) is 1. The number of likely N-dealkylation sites (tertiary alicyclic amines) is 1. The van der Waals surface area contributed by atoms with Gasteiger partial charge < -0.3 is 14.7 Å². The number of piperidine rings is 1. The lowest BCUT2D eigenvalue weighted by atomic mass is 9.94. The Hall–Kier alpha value is -1.26. The van der Waals surface area contributed by atoms with Crippen LogP contribution in [-0.2, 0) is 4.79 Å². The van der Waals surface area contributed by atoms with E-state index in [2.05, 4.69) is 4.90 Å². The number of rotatable bonds is 3. The van der Waals surface area contributed by atoms with E-state index in [9.17, 15) is 9.90 Å². The monoisotopic (exact) mass is 271 g/mol. The lowest BCUT2D eigenvalue weighted by Gasteiger charge is -2.34. The van der Waals surface area contributed by atoms with E-state index < -0.39 is 11.9 Å². The van der Waals surface area contributed by atoms with Gasteiger partial charge in [-0.25, -0.2) is 0 Å². The maximum Gasteiger partial charge on any atom is 0.310 e. The maximum absolute atomic E-state index is 11.2. The van der Waals surface area contributed by atoms with E-state index in [1.165, 1.54) is 0 Å². The van der Waals surface area contributed by atoms with Crippen LogP contribution in [0.2, 0.25) is 0 Å². The summed E-state index contributed by atoms with van der Waals surface area (Å²) >= 11 is 0. The first-order chi connectivity index (χ1) is 8.16. The Kier molecular flexibility index (Phi) is 5.44. The van der Waals surface area contributed by atoms with Gasteiger partial charge in [-0.3, -0.25) is 4.79 Å². The van der Waals surface area contributed by atoms with Crippen LogP contribution in [0.5, 0.6) is 5.75 Å². The van der Waals surface area contributed by atoms with E-state index in [-0.39, 0.29) is 18.5 Å². The topological polar surface area (TPSA) is 49.8 Å². The largest absolute Gasteiger partial charge is 0.488 e. The van der Waals surface area contributed by atoms with Crippen molar-refractivity contribution in [2.45, 2.75) is 12.5 Å². The van der Waals surface area contributed by atoms with Crippen molar-refractivity contribution < 1.29 is 14.6 Å². The standard InChI is InChI=1S/C13H17NO3.ClH/c1-14-8-7-11(13(15)16)12(9-14)17-10-5-3-2-4-6-10;/h2-6,11-12H,7-9H2,1H3,(H,15,16);1H. The van der Waals surface area contributed by atoms with Gasteiger partial charge in [0, 0.05) is 6.54 Å². The highest BCUT2D eigenvalue weighted by molar-refractivity contribution is 5.85. The molecule has 1 N–H and O–H groups in total. The molecule has 0 aromatic heterocycles. The summed E-state index contributed by atoms with van der Waals surface area (Å²) in [7, 11) is 1.99. The predicted octanol–water partition coefficient (Wildman–Crippen LogP) is 1.89. The minimum absolute atomic E-state index is 0. The number of carbonyl (C=O) groups is 1. The lowest BCUT2D eigenvalue weighted by molar-refractivity contribution is -0.147. The molecule has 1 aliphatic heterocycles. The third kappa shape index (κ3) is 3.62. The Morgan fingerprint density at radius 1 is 1.39 bits per heavy atom. The fourth-order valence-corrected chi connectivity index (χ4v) is 2.15. The number of ether oxygens (including phenoxy) is 1. The molecule has 100 valence electrons. The fraction of sp³-hybridized carbons (Fsp3) is 0.462. The molecule has 0 spiro atoms. The highest BCUT2D eigenvalue weighted by atomic mass is 35.5. The predicted molar refractivity (Wildman–Crippen MR) is 71.3 cm³/mol. The molecule has 1 heterocycles. The molecule has 5 heteroatoms. The number of benzene rings is 1. The van der Waals surface area contributed by atoms with Gasteiger partial charge in [0.2, 0.25) is 0 Å². The van der Waals surface area contributed by atoms with Gasteiger partial charge in [0.1, 0.15) is 11.9 Å².